The molecule has 34 heavy (non-hydrogen) atoms. The van der Waals surface area contributed by atoms with Crippen LogP contribution in [0.15, 0.2) is 84.5 Å². The first-order valence-electron chi connectivity index (χ1n) is 11.2. The van der Waals surface area contributed by atoms with E-state index in [-0.39, 0.29) is 5.82 Å². The van der Waals surface area contributed by atoms with Gasteiger partial charge in [-0.25, -0.2) is 8.78 Å². The SMILES string of the molecule is F/C(C#Cc1ccc(-c2ccc(F)cc2)cc1)=C(/F)C#Cc1ccc(C2CCC(F)CC2)cc1. The summed E-state index contributed by atoms with van der Waals surface area (Å²) in [4.78, 5) is 0. The summed E-state index contributed by atoms with van der Waals surface area (Å²) in [7, 11) is 0. The summed E-state index contributed by atoms with van der Waals surface area (Å²) in [5, 5.41) is 0. The molecule has 0 aliphatic heterocycles. The summed E-state index contributed by atoms with van der Waals surface area (Å²) in [6.07, 6.45) is 2.11. The Labute approximate surface area is 197 Å². The summed E-state index contributed by atoms with van der Waals surface area (Å²) >= 11 is 0. The number of rotatable bonds is 2. The van der Waals surface area contributed by atoms with E-state index < -0.39 is 17.8 Å². The second-order valence-corrected chi connectivity index (χ2v) is 8.28. The Balaban J connectivity index is 1.40. The van der Waals surface area contributed by atoms with Crippen molar-refractivity contribution in [3.63, 3.8) is 0 Å². The van der Waals surface area contributed by atoms with Crippen LogP contribution in [0.25, 0.3) is 11.1 Å². The zero-order valence-electron chi connectivity index (χ0n) is 18.4. The predicted molar refractivity (Wildman–Crippen MR) is 127 cm³/mol. The maximum Gasteiger partial charge on any atom is 0.217 e. The highest BCUT2D eigenvalue weighted by molar-refractivity contribution is 5.64. The molecule has 0 nitrogen and oxygen atoms in total. The second-order valence-electron chi connectivity index (χ2n) is 8.28. The zero-order valence-corrected chi connectivity index (χ0v) is 18.4. The maximum atomic E-state index is 14.1. The molecule has 1 aliphatic carbocycles. The van der Waals surface area contributed by atoms with Gasteiger partial charge >= 0.3 is 0 Å². The molecular weight excluding hydrogens is 436 g/mol. The lowest BCUT2D eigenvalue weighted by Gasteiger charge is -2.24. The summed E-state index contributed by atoms with van der Waals surface area (Å²) in [5.41, 5.74) is 3.90. The van der Waals surface area contributed by atoms with Crippen molar-refractivity contribution in [1.82, 2.24) is 0 Å². The molecule has 0 heterocycles. The molecule has 0 radical (unpaired) electrons. The number of halogens is 4. The summed E-state index contributed by atoms with van der Waals surface area (Å²) in [6.45, 7) is 0. The quantitative estimate of drug-likeness (QED) is 0.269. The molecule has 0 amide bonds. The average molecular weight is 458 g/mol. The molecule has 4 rings (SSSR count). The maximum absolute atomic E-state index is 14.1. The van der Waals surface area contributed by atoms with Gasteiger partial charge in [-0.05, 0) is 96.5 Å². The van der Waals surface area contributed by atoms with Gasteiger partial charge in [-0.15, -0.1) is 0 Å². The first kappa shape index (κ1) is 23.4. The zero-order chi connectivity index (χ0) is 23.9. The highest BCUT2D eigenvalue weighted by atomic mass is 19.2. The predicted octanol–water partition coefficient (Wildman–Crippen LogP) is 8.04. The second kappa shape index (κ2) is 10.9. The Bertz CT molecular complexity index is 1270. The Morgan fingerprint density at radius 1 is 0.618 bits per heavy atom. The molecule has 1 fully saturated rings. The number of benzene rings is 3. The van der Waals surface area contributed by atoms with Crippen molar-refractivity contribution >= 4 is 0 Å². The minimum atomic E-state index is -1.23. The fraction of sp³-hybridized carbons (Fsp3) is 0.200. The summed E-state index contributed by atoms with van der Waals surface area (Å²) in [5.74, 6) is 7.11. The van der Waals surface area contributed by atoms with Crippen LogP contribution in [0, 0.1) is 29.5 Å². The first-order valence-corrected chi connectivity index (χ1v) is 11.2. The molecule has 0 bridgehead atoms. The minimum Gasteiger partial charge on any atom is -0.247 e. The third-order valence-electron chi connectivity index (χ3n) is 5.93. The monoisotopic (exact) mass is 458 g/mol. The number of hydrogen-bond acceptors (Lipinski definition) is 0. The van der Waals surface area contributed by atoms with Crippen LogP contribution in [0.4, 0.5) is 17.6 Å². The first-order chi connectivity index (χ1) is 16.5. The Morgan fingerprint density at radius 2 is 1.06 bits per heavy atom. The van der Waals surface area contributed by atoms with Gasteiger partial charge in [0.15, 0.2) is 0 Å². The smallest absolute Gasteiger partial charge is 0.217 e. The number of alkyl halides is 1. The van der Waals surface area contributed by atoms with E-state index in [1.807, 2.05) is 12.1 Å². The van der Waals surface area contributed by atoms with Crippen molar-refractivity contribution in [1.29, 1.82) is 0 Å². The van der Waals surface area contributed by atoms with Crippen LogP contribution in [0.3, 0.4) is 0 Å². The van der Waals surface area contributed by atoms with Gasteiger partial charge in [0.05, 0.1) is 0 Å². The van der Waals surface area contributed by atoms with Gasteiger partial charge < -0.3 is 0 Å². The molecule has 1 aliphatic rings. The molecular formula is C30H22F4. The Hall–Kier alpha value is -3.76. The summed E-state index contributed by atoms with van der Waals surface area (Å²) in [6, 6.07) is 20.4. The van der Waals surface area contributed by atoms with Crippen LogP contribution in [0.5, 0.6) is 0 Å². The highest BCUT2D eigenvalue weighted by Gasteiger charge is 2.21. The Morgan fingerprint density at radius 3 is 1.56 bits per heavy atom. The van der Waals surface area contributed by atoms with Gasteiger partial charge in [-0.1, -0.05) is 48.2 Å². The van der Waals surface area contributed by atoms with E-state index >= 15 is 0 Å². The van der Waals surface area contributed by atoms with Crippen molar-refractivity contribution in [2.75, 3.05) is 0 Å². The van der Waals surface area contributed by atoms with Gasteiger partial charge in [-0.2, -0.15) is 8.78 Å². The van der Waals surface area contributed by atoms with E-state index in [9.17, 15) is 17.6 Å². The van der Waals surface area contributed by atoms with Gasteiger partial charge in [0.2, 0.25) is 11.7 Å². The molecule has 0 atom stereocenters. The summed E-state index contributed by atoms with van der Waals surface area (Å²) < 4.78 is 54.5. The normalized spacial score (nSPS) is 18.1. The van der Waals surface area contributed by atoms with Gasteiger partial charge in [-0.3, -0.25) is 0 Å². The van der Waals surface area contributed by atoms with Crippen molar-refractivity contribution in [3.05, 3.63) is 107 Å². The molecule has 0 N–H and O–H groups in total. The van der Waals surface area contributed by atoms with E-state index in [1.54, 1.807) is 48.5 Å². The van der Waals surface area contributed by atoms with Gasteiger partial charge in [0.25, 0.3) is 0 Å². The molecule has 0 unspecified atom stereocenters. The standard InChI is InChI=1S/C30H22F4/c31-27-15-11-25(12-16-27)23-7-1-21(2-8-23)5-19-29(33)30(34)20-6-22-3-9-24(10-4-22)26-13-17-28(32)18-14-26/h1-4,7-12,15-16,26,28H,13-14,17-18H2/b30-29+. The molecule has 3 aromatic rings. The van der Waals surface area contributed by atoms with Crippen LogP contribution in [0.1, 0.15) is 48.3 Å². The lowest BCUT2D eigenvalue weighted by atomic mass is 9.83. The fourth-order valence-electron chi connectivity index (χ4n) is 3.98. The molecule has 170 valence electrons. The molecule has 3 aromatic carbocycles. The molecule has 0 saturated heterocycles. The Kier molecular flexibility index (Phi) is 7.51. The molecule has 4 heteroatoms. The highest BCUT2D eigenvalue weighted by Crippen LogP contribution is 2.34. The largest absolute Gasteiger partial charge is 0.247 e. The van der Waals surface area contributed by atoms with Crippen molar-refractivity contribution in [2.45, 2.75) is 37.8 Å². The third kappa shape index (κ3) is 6.18. The fourth-order valence-corrected chi connectivity index (χ4v) is 3.98. The van der Waals surface area contributed by atoms with E-state index in [0.717, 1.165) is 29.5 Å². The minimum absolute atomic E-state index is 0.312. The molecule has 0 aromatic heterocycles. The van der Waals surface area contributed by atoms with Crippen molar-refractivity contribution in [3.8, 4) is 34.8 Å². The van der Waals surface area contributed by atoms with E-state index in [1.165, 1.54) is 12.1 Å². The number of allylic oxidation sites excluding steroid dienone is 2. The number of hydrogen-bond donors (Lipinski definition) is 0. The third-order valence-corrected chi connectivity index (χ3v) is 5.93. The van der Waals surface area contributed by atoms with Crippen LogP contribution in [-0.4, -0.2) is 6.17 Å². The van der Waals surface area contributed by atoms with Crippen LogP contribution in [0.2, 0.25) is 0 Å². The van der Waals surface area contributed by atoms with Crippen molar-refractivity contribution in [2.24, 2.45) is 0 Å². The van der Waals surface area contributed by atoms with Crippen LogP contribution >= 0.6 is 0 Å². The average Bonchev–Trinajstić information content (AvgIpc) is 2.87. The van der Waals surface area contributed by atoms with Crippen LogP contribution < -0.4 is 0 Å². The topological polar surface area (TPSA) is 0 Å². The lowest BCUT2D eigenvalue weighted by molar-refractivity contribution is 0.235. The van der Waals surface area contributed by atoms with Crippen molar-refractivity contribution < 1.29 is 17.6 Å². The molecule has 0 spiro atoms. The van der Waals surface area contributed by atoms with E-state index in [0.29, 0.717) is 29.9 Å². The van der Waals surface area contributed by atoms with E-state index in [2.05, 4.69) is 23.7 Å². The molecule has 1 saturated carbocycles. The van der Waals surface area contributed by atoms with Crippen LogP contribution in [-0.2, 0) is 0 Å². The van der Waals surface area contributed by atoms with Gasteiger partial charge in [0.1, 0.15) is 12.0 Å². The van der Waals surface area contributed by atoms with E-state index in [4.69, 9.17) is 0 Å². The van der Waals surface area contributed by atoms with Gasteiger partial charge in [0, 0.05) is 11.1 Å². The lowest BCUT2D eigenvalue weighted by Crippen LogP contribution is -2.13.